The lowest BCUT2D eigenvalue weighted by Crippen LogP contribution is -2.34. The number of para-hydroxylation sites is 1. The smallest absolute Gasteiger partial charge is 0.260 e. The van der Waals surface area contributed by atoms with Crippen molar-refractivity contribution in [2.24, 2.45) is 7.05 Å². The van der Waals surface area contributed by atoms with E-state index in [0.29, 0.717) is 5.92 Å². The summed E-state index contributed by atoms with van der Waals surface area (Å²) in [5.74, 6) is 1.53. The van der Waals surface area contributed by atoms with Gasteiger partial charge in [-0.3, -0.25) is 14.4 Å². The summed E-state index contributed by atoms with van der Waals surface area (Å²) in [6.45, 7) is 4.88. The maximum Gasteiger partial charge on any atom is 0.260 e. The van der Waals surface area contributed by atoms with Crippen molar-refractivity contribution in [1.29, 1.82) is 0 Å². The van der Waals surface area contributed by atoms with Crippen LogP contribution in [0.15, 0.2) is 36.5 Å². The number of rotatable bonds is 6. The highest BCUT2D eigenvalue weighted by molar-refractivity contribution is 5.78. The molecule has 6 nitrogen and oxygen atoms in total. The topological polar surface area (TPSA) is 50.6 Å². The van der Waals surface area contributed by atoms with Gasteiger partial charge in [-0.2, -0.15) is 5.10 Å². The van der Waals surface area contributed by atoms with Crippen molar-refractivity contribution in [3.05, 3.63) is 47.8 Å². The van der Waals surface area contributed by atoms with Crippen molar-refractivity contribution in [2.75, 3.05) is 32.8 Å². The minimum absolute atomic E-state index is 0.101. The number of hydrogen-bond donors (Lipinski definition) is 0. The summed E-state index contributed by atoms with van der Waals surface area (Å²) in [5.41, 5.74) is 2.50. The molecule has 0 radical (unpaired) electrons. The minimum Gasteiger partial charge on any atom is -0.483 e. The molecule has 0 N–H and O–H groups in total. The molecule has 0 spiro atoms. The van der Waals surface area contributed by atoms with Crippen LogP contribution in [0.4, 0.5) is 0 Å². The van der Waals surface area contributed by atoms with Crippen LogP contribution in [0, 0.1) is 0 Å². The lowest BCUT2D eigenvalue weighted by atomic mass is 9.93. The van der Waals surface area contributed by atoms with Gasteiger partial charge in [0, 0.05) is 50.1 Å². The highest BCUT2D eigenvalue weighted by Crippen LogP contribution is 2.29. The van der Waals surface area contributed by atoms with Gasteiger partial charge in [-0.1, -0.05) is 18.2 Å². The zero-order valence-electron chi connectivity index (χ0n) is 16.7. The van der Waals surface area contributed by atoms with E-state index in [1.165, 1.54) is 5.69 Å². The molecule has 1 amide bonds. The van der Waals surface area contributed by atoms with Crippen molar-refractivity contribution in [3.8, 4) is 5.75 Å². The molecule has 0 aliphatic carbocycles. The maximum absolute atomic E-state index is 12.3. The average molecular weight is 383 g/mol. The average Bonchev–Trinajstić information content (AvgIpc) is 3.40. The van der Waals surface area contributed by atoms with Crippen LogP contribution in [0.25, 0.3) is 0 Å². The SMILES string of the molecule is Cn1nccc1C1CCN(Cc2ccccc2OCC(=O)N2CCCC2)CC1. The van der Waals surface area contributed by atoms with E-state index in [1.54, 1.807) is 0 Å². The third-order valence-corrected chi connectivity index (χ3v) is 6.04. The fourth-order valence-corrected chi connectivity index (χ4v) is 4.38. The zero-order valence-corrected chi connectivity index (χ0v) is 16.7. The van der Waals surface area contributed by atoms with Crippen molar-refractivity contribution >= 4 is 5.91 Å². The van der Waals surface area contributed by atoms with Gasteiger partial charge >= 0.3 is 0 Å². The molecule has 4 rings (SSSR count). The summed E-state index contributed by atoms with van der Waals surface area (Å²) in [6, 6.07) is 10.3. The Kier molecular flexibility index (Phi) is 5.95. The molecular formula is C22H30N4O2. The molecule has 6 heteroatoms. The quantitative estimate of drug-likeness (QED) is 0.771. The number of nitrogens with zero attached hydrogens (tertiary/aromatic N) is 4. The van der Waals surface area contributed by atoms with Crippen molar-refractivity contribution in [3.63, 3.8) is 0 Å². The van der Waals surface area contributed by atoms with Gasteiger partial charge in [0.05, 0.1) is 0 Å². The van der Waals surface area contributed by atoms with E-state index in [0.717, 1.165) is 69.7 Å². The van der Waals surface area contributed by atoms with E-state index >= 15 is 0 Å². The fraction of sp³-hybridized carbons (Fsp3) is 0.545. The Bertz CT molecular complexity index is 789. The predicted octanol–water partition coefficient (Wildman–Crippen LogP) is 2.80. The second kappa shape index (κ2) is 8.78. The van der Waals surface area contributed by atoms with E-state index in [1.807, 2.05) is 41.0 Å². The maximum atomic E-state index is 12.3. The first kappa shape index (κ1) is 19.0. The number of aryl methyl sites for hydroxylation is 1. The molecule has 28 heavy (non-hydrogen) atoms. The number of amides is 1. The zero-order chi connectivity index (χ0) is 19.3. The van der Waals surface area contributed by atoms with E-state index in [4.69, 9.17) is 4.74 Å². The van der Waals surface area contributed by atoms with Gasteiger partial charge in [0.15, 0.2) is 6.61 Å². The summed E-state index contributed by atoms with van der Waals surface area (Å²) in [7, 11) is 2.03. The van der Waals surface area contributed by atoms with E-state index in [9.17, 15) is 4.79 Å². The summed E-state index contributed by atoms with van der Waals surface area (Å²) >= 11 is 0. The Hall–Kier alpha value is -2.34. The van der Waals surface area contributed by atoms with Gasteiger partial charge in [0.2, 0.25) is 0 Å². The normalized spacial score (nSPS) is 18.5. The van der Waals surface area contributed by atoms with Gasteiger partial charge < -0.3 is 9.64 Å². The third kappa shape index (κ3) is 4.38. The monoisotopic (exact) mass is 382 g/mol. The van der Waals surface area contributed by atoms with Crippen molar-refractivity contribution < 1.29 is 9.53 Å². The number of aromatic nitrogens is 2. The summed E-state index contributed by atoms with van der Waals surface area (Å²) < 4.78 is 7.92. The molecule has 2 aromatic rings. The molecule has 2 saturated heterocycles. The Morgan fingerprint density at radius 2 is 1.86 bits per heavy atom. The predicted molar refractivity (Wildman–Crippen MR) is 108 cm³/mol. The first-order valence-electron chi connectivity index (χ1n) is 10.4. The van der Waals surface area contributed by atoms with Crippen LogP contribution in [0.5, 0.6) is 5.75 Å². The van der Waals surface area contributed by atoms with Crippen molar-refractivity contribution in [2.45, 2.75) is 38.1 Å². The van der Waals surface area contributed by atoms with E-state index in [-0.39, 0.29) is 12.5 Å². The third-order valence-electron chi connectivity index (χ3n) is 6.04. The summed E-state index contributed by atoms with van der Waals surface area (Å²) in [5, 5.41) is 4.31. The molecule has 150 valence electrons. The highest BCUT2D eigenvalue weighted by Gasteiger charge is 2.23. The molecular weight excluding hydrogens is 352 g/mol. The minimum atomic E-state index is 0.101. The van der Waals surface area contributed by atoms with E-state index in [2.05, 4.69) is 22.1 Å². The molecule has 0 bridgehead atoms. The molecule has 3 heterocycles. The Balaban J connectivity index is 1.31. The summed E-state index contributed by atoms with van der Waals surface area (Å²) in [6.07, 6.45) is 6.40. The van der Waals surface area contributed by atoms with Gasteiger partial charge in [0.25, 0.3) is 5.91 Å². The Morgan fingerprint density at radius 3 is 2.57 bits per heavy atom. The second-order valence-corrected chi connectivity index (χ2v) is 7.91. The molecule has 2 fully saturated rings. The van der Waals surface area contributed by atoms with Gasteiger partial charge in [0.1, 0.15) is 5.75 Å². The molecule has 0 unspecified atom stereocenters. The molecule has 0 atom stereocenters. The van der Waals surface area contributed by atoms with Crippen LogP contribution < -0.4 is 4.74 Å². The number of hydrogen-bond acceptors (Lipinski definition) is 4. The van der Waals surface area contributed by atoms with Gasteiger partial charge in [-0.05, 0) is 50.9 Å². The Morgan fingerprint density at radius 1 is 1.11 bits per heavy atom. The molecule has 2 aliphatic rings. The lowest BCUT2D eigenvalue weighted by molar-refractivity contribution is -0.132. The van der Waals surface area contributed by atoms with Crippen LogP contribution in [-0.4, -0.2) is 58.3 Å². The number of carbonyl (C=O) groups is 1. The summed E-state index contributed by atoms with van der Waals surface area (Å²) in [4.78, 5) is 16.7. The van der Waals surface area contributed by atoms with Crippen LogP contribution in [0.2, 0.25) is 0 Å². The standard InChI is InChI=1S/C22H30N4O2/c1-24-20(8-11-23-24)18-9-14-25(15-10-18)16-19-6-2-3-7-21(19)28-17-22(27)26-12-4-5-13-26/h2-3,6-8,11,18H,4-5,9-10,12-17H2,1H3. The number of benzene rings is 1. The first-order chi connectivity index (χ1) is 13.7. The van der Waals surface area contributed by atoms with Crippen LogP contribution in [0.1, 0.15) is 42.9 Å². The molecule has 1 aromatic heterocycles. The number of likely N-dealkylation sites (tertiary alicyclic amines) is 2. The number of carbonyl (C=O) groups excluding carboxylic acids is 1. The van der Waals surface area contributed by atoms with Crippen LogP contribution in [-0.2, 0) is 18.4 Å². The fourth-order valence-electron chi connectivity index (χ4n) is 4.38. The largest absolute Gasteiger partial charge is 0.483 e. The number of piperidine rings is 1. The van der Waals surface area contributed by atoms with Crippen LogP contribution in [0.3, 0.4) is 0 Å². The van der Waals surface area contributed by atoms with E-state index < -0.39 is 0 Å². The lowest BCUT2D eigenvalue weighted by Gasteiger charge is -2.32. The number of ether oxygens (including phenoxy) is 1. The Labute approximate surface area is 167 Å². The molecule has 2 aliphatic heterocycles. The second-order valence-electron chi connectivity index (χ2n) is 7.91. The van der Waals surface area contributed by atoms with Crippen molar-refractivity contribution in [1.82, 2.24) is 19.6 Å². The van der Waals surface area contributed by atoms with Gasteiger partial charge in [-0.15, -0.1) is 0 Å². The highest BCUT2D eigenvalue weighted by atomic mass is 16.5. The first-order valence-corrected chi connectivity index (χ1v) is 10.4. The van der Waals surface area contributed by atoms with Crippen LogP contribution >= 0.6 is 0 Å². The van der Waals surface area contributed by atoms with Gasteiger partial charge in [-0.25, -0.2) is 0 Å². The molecule has 0 saturated carbocycles. The molecule has 1 aromatic carbocycles.